The van der Waals surface area contributed by atoms with E-state index in [1.54, 1.807) is 0 Å². The number of hydrogen-bond donors (Lipinski definition) is 3. The van der Waals surface area contributed by atoms with Gasteiger partial charge in [-0.3, -0.25) is 23.4 Å². The molecule has 12 heteroatoms. The Balaban J connectivity index is 4.24. The summed E-state index contributed by atoms with van der Waals surface area (Å²) < 4.78 is 32.8. The Morgan fingerprint density at radius 2 is 0.833 bits per heavy atom. The second kappa shape index (κ2) is 43.9. The summed E-state index contributed by atoms with van der Waals surface area (Å²) >= 11 is 0. The Bertz CT molecular complexity index is 1070. The van der Waals surface area contributed by atoms with Gasteiger partial charge in [0.25, 0.3) is 0 Å². The number of carbonyl (C=O) groups is 3. The number of hydrogen-bond acceptors (Lipinski definition) is 9. The van der Waals surface area contributed by atoms with Gasteiger partial charge in [-0.2, -0.15) is 0 Å². The van der Waals surface area contributed by atoms with Crippen molar-refractivity contribution >= 4 is 25.7 Å². The van der Waals surface area contributed by atoms with Gasteiger partial charge in [0.1, 0.15) is 12.6 Å². The van der Waals surface area contributed by atoms with Gasteiger partial charge in [0.2, 0.25) is 0 Å². The van der Waals surface area contributed by atoms with Crippen LogP contribution in [0.2, 0.25) is 0 Å². The first-order valence-electron chi connectivity index (χ1n) is 24.7. The van der Waals surface area contributed by atoms with E-state index in [1.807, 2.05) is 0 Å². The highest BCUT2D eigenvalue weighted by atomic mass is 31.2. The van der Waals surface area contributed by atoms with Gasteiger partial charge in [-0.05, 0) is 38.5 Å². The lowest BCUT2D eigenvalue weighted by atomic mass is 10.0. The summed E-state index contributed by atoms with van der Waals surface area (Å²) in [7, 11) is -4.72. The van der Waals surface area contributed by atoms with Crippen LogP contribution >= 0.6 is 7.82 Å². The number of carboxylic acids is 1. The molecule has 0 spiro atoms. The molecular weight excluding hydrogens is 781 g/mol. The fraction of sp³-hybridized carbons (Fsp3) is 0.896. The molecule has 0 aromatic heterocycles. The van der Waals surface area contributed by atoms with Crippen molar-refractivity contribution in [3.8, 4) is 0 Å². The van der Waals surface area contributed by atoms with Crippen molar-refractivity contribution in [2.24, 2.45) is 5.73 Å². The maximum atomic E-state index is 12.7. The van der Waals surface area contributed by atoms with Crippen LogP contribution in [0.25, 0.3) is 0 Å². The van der Waals surface area contributed by atoms with E-state index in [-0.39, 0.29) is 19.4 Å². The second-order valence-corrected chi connectivity index (χ2v) is 18.4. The van der Waals surface area contributed by atoms with Crippen LogP contribution in [0.15, 0.2) is 12.2 Å². The number of phosphoric acid groups is 1. The van der Waals surface area contributed by atoms with E-state index in [9.17, 15) is 23.8 Å². The number of phosphoric ester groups is 1. The van der Waals surface area contributed by atoms with Crippen molar-refractivity contribution in [2.75, 3.05) is 19.8 Å². The molecule has 4 N–H and O–H groups in total. The summed E-state index contributed by atoms with van der Waals surface area (Å²) in [6.45, 7) is 2.84. The number of nitrogens with two attached hydrogens (primary N) is 1. The Morgan fingerprint density at radius 1 is 0.500 bits per heavy atom. The largest absolute Gasteiger partial charge is 0.480 e. The highest BCUT2D eigenvalue weighted by Crippen LogP contribution is 2.43. The van der Waals surface area contributed by atoms with Crippen molar-refractivity contribution in [2.45, 2.75) is 257 Å². The Kier molecular flexibility index (Phi) is 42.6. The van der Waals surface area contributed by atoms with Crippen molar-refractivity contribution < 1.29 is 47.5 Å². The SMILES string of the molecule is CCCCCCCC/C=C\CCCCCCCCCC(=O)OC(COC(=O)CCCCCCCCCCCCCCCCCCCCC)COP(=O)(O)OCC(N)C(=O)O. The van der Waals surface area contributed by atoms with Crippen LogP contribution in [0.1, 0.15) is 245 Å². The van der Waals surface area contributed by atoms with E-state index in [1.165, 1.54) is 161 Å². The van der Waals surface area contributed by atoms with E-state index in [4.69, 9.17) is 24.8 Å². The average Bonchev–Trinajstić information content (AvgIpc) is 3.22. The number of esters is 2. The van der Waals surface area contributed by atoms with Gasteiger partial charge in [-0.15, -0.1) is 0 Å². The number of aliphatic carboxylic acids is 1. The number of ether oxygens (including phenoxy) is 2. The summed E-state index contributed by atoms with van der Waals surface area (Å²) in [5.41, 5.74) is 5.35. The van der Waals surface area contributed by atoms with Crippen LogP contribution < -0.4 is 5.73 Å². The number of unbranched alkanes of at least 4 members (excludes halogenated alkanes) is 31. The van der Waals surface area contributed by atoms with Gasteiger partial charge in [-0.25, -0.2) is 4.57 Å². The van der Waals surface area contributed by atoms with E-state index < -0.39 is 51.1 Å². The topological polar surface area (TPSA) is 172 Å². The normalized spacial score (nSPS) is 13.7. The van der Waals surface area contributed by atoms with Crippen LogP contribution in [0, 0.1) is 0 Å². The molecule has 0 amide bonds. The summed E-state index contributed by atoms with van der Waals surface area (Å²) in [6, 6.07) is -1.52. The zero-order chi connectivity index (χ0) is 44.2. The summed E-state index contributed by atoms with van der Waals surface area (Å²) in [5.74, 6) is -2.36. The van der Waals surface area contributed by atoms with Gasteiger partial charge in [-0.1, -0.05) is 206 Å². The van der Waals surface area contributed by atoms with E-state index in [0.717, 1.165) is 44.9 Å². The molecule has 60 heavy (non-hydrogen) atoms. The van der Waals surface area contributed by atoms with Crippen LogP contribution in [-0.2, 0) is 37.5 Å². The van der Waals surface area contributed by atoms with Crippen molar-refractivity contribution in [3.63, 3.8) is 0 Å². The highest BCUT2D eigenvalue weighted by Gasteiger charge is 2.28. The minimum atomic E-state index is -4.72. The van der Waals surface area contributed by atoms with Crippen LogP contribution in [0.5, 0.6) is 0 Å². The molecule has 0 aromatic carbocycles. The lowest BCUT2D eigenvalue weighted by Crippen LogP contribution is -2.34. The third kappa shape index (κ3) is 42.9. The maximum Gasteiger partial charge on any atom is 0.472 e. The quantitative estimate of drug-likeness (QED) is 0.0230. The fourth-order valence-electron chi connectivity index (χ4n) is 7.12. The molecule has 0 radical (unpaired) electrons. The number of carboxylic acid groups (broad SMARTS) is 1. The minimum absolute atomic E-state index is 0.161. The van der Waals surface area contributed by atoms with E-state index >= 15 is 0 Å². The monoisotopic (exact) mass is 874 g/mol. The third-order valence-electron chi connectivity index (χ3n) is 11.0. The van der Waals surface area contributed by atoms with Crippen molar-refractivity contribution in [1.82, 2.24) is 0 Å². The number of rotatable bonds is 47. The second-order valence-electron chi connectivity index (χ2n) is 17.0. The Morgan fingerprint density at radius 3 is 1.22 bits per heavy atom. The molecule has 0 rings (SSSR count). The van der Waals surface area contributed by atoms with Gasteiger partial charge >= 0.3 is 25.7 Å². The van der Waals surface area contributed by atoms with Crippen molar-refractivity contribution in [3.05, 3.63) is 12.2 Å². The van der Waals surface area contributed by atoms with E-state index in [2.05, 4.69) is 30.5 Å². The average molecular weight is 874 g/mol. The lowest BCUT2D eigenvalue weighted by molar-refractivity contribution is -0.161. The van der Waals surface area contributed by atoms with Gasteiger partial charge in [0.05, 0.1) is 13.2 Å². The van der Waals surface area contributed by atoms with E-state index in [0.29, 0.717) is 12.8 Å². The first-order valence-corrected chi connectivity index (χ1v) is 26.2. The van der Waals surface area contributed by atoms with Gasteiger partial charge in [0, 0.05) is 12.8 Å². The first-order chi connectivity index (χ1) is 29.1. The molecule has 11 nitrogen and oxygen atoms in total. The van der Waals surface area contributed by atoms with Crippen LogP contribution in [0.3, 0.4) is 0 Å². The molecule has 0 aliphatic rings. The first kappa shape index (κ1) is 58.2. The molecule has 0 saturated heterocycles. The van der Waals surface area contributed by atoms with Crippen LogP contribution in [0.4, 0.5) is 0 Å². The predicted molar refractivity (Wildman–Crippen MR) is 245 cm³/mol. The molecule has 0 heterocycles. The summed E-state index contributed by atoms with van der Waals surface area (Å²) in [5, 5.41) is 8.91. The Hall–Kier alpha value is -1.78. The molecular formula is C48H92NO10P. The molecule has 0 aliphatic carbocycles. The minimum Gasteiger partial charge on any atom is -0.480 e. The maximum absolute atomic E-state index is 12.7. The van der Waals surface area contributed by atoms with Gasteiger partial charge < -0.3 is 25.2 Å². The summed E-state index contributed by atoms with van der Waals surface area (Å²) in [6.07, 6.45) is 45.6. The standard InChI is InChI=1S/C48H92NO10P/c1-3-5-7-9-11-13-15-17-19-21-22-24-25-27-29-31-33-35-37-39-46(50)56-41-44(42-57-60(54,55)58-43-45(49)48(52)53)59-47(51)40-38-36-34-32-30-28-26-23-20-18-16-14-12-10-8-6-4-2/h18,20,44-45H,3-17,19,21-43,49H2,1-2H3,(H,52,53)(H,54,55)/b20-18-. The summed E-state index contributed by atoms with van der Waals surface area (Å²) in [4.78, 5) is 46.1. The molecule has 0 bridgehead atoms. The highest BCUT2D eigenvalue weighted by molar-refractivity contribution is 7.47. The Labute approximate surface area is 367 Å². The molecule has 3 unspecified atom stereocenters. The van der Waals surface area contributed by atoms with Gasteiger partial charge in [0.15, 0.2) is 6.10 Å². The number of carbonyl (C=O) groups excluding carboxylic acids is 2. The molecule has 3 atom stereocenters. The number of allylic oxidation sites excluding steroid dienone is 2. The smallest absolute Gasteiger partial charge is 0.472 e. The zero-order valence-electron chi connectivity index (χ0n) is 38.6. The third-order valence-corrected chi connectivity index (χ3v) is 12.0. The molecule has 354 valence electrons. The molecule has 0 aromatic rings. The fourth-order valence-corrected chi connectivity index (χ4v) is 7.90. The zero-order valence-corrected chi connectivity index (χ0v) is 39.5. The molecule has 0 aliphatic heterocycles. The van der Waals surface area contributed by atoms with Crippen molar-refractivity contribution in [1.29, 1.82) is 0 Å². The van der Waals surface area contributed by atoms with Crippen LogP contribution in [-0.4, -0.2) is 59.9 Å². The lowest BCUT2D eigenvalue weighted by Gasteiger charge is -2.20. The predicted octanol–water partition coefficient (Wildman–Crippen LogP) is 13.6. The molecule has 0 saturated carbocycles. The molecule has 0 fully saturated rings.